The van der Waals surface area contributed by atoms with Gasteiger partial charge < -0.3 is 15.4 Å². The Morgan fingerprint density at radius 2 is 2.03 bits per heavy atom. The van der Waals surface area contributed by atoms with Gasteiger partial charge in [0.1, 0.15) is 11.5 Å². The van der Waals surface area contributed by atoms with Crippen molar-refractivity contribution in [3.8, 4) is 0 Å². The number of aromatic nitrogens is 2. The molecule has 1 amide bonds. The van der Waals surface area contributed by atoms with Crippen molar-refractivity contribution in [1.82, 2.24) is 10.2 Å². The number of aryl methyl sites for hydroxylation is 1. The molecule has 2 heterocycles. The number of rotatable bonds is 8. The quantitative estimate of drug-likeness (QED) is 0.449. The van der Waals surface area contributed by atoms with Gasteiger partial charge in [0.15, 0.2) is 4.34 Å². The van der Waals surface area contributed by atoms with Crippen LogP contribution in [0, 0.1) is 0 Å². The third-order valence-electron chi connectivity index (χ3n) is 3.83. The molecule has 3 rings (SSSR count). The van der Waals surface area contributed by atoms with E-state index in [1.807, 2.05) is 0 Å². The molecule has 2 aromatic heterocycles. The van der Waals surface area contributed by atoms with Crippen molar-refractivity contribution in [2.45, 2.75) is 36.7 Å². The summed E-state index contributed by atoms with van der Waals surface area (Å²) in [4.78, 5) is 25.7. The maximum atomic E-state index is 12.3. The van der Waals surface area contributed by atoms with E-state index in [1.165, 1.54) is 11.3 Å². The highest BCUT2D eigenvalue weighted by Crippen LogP contribution is 2.39. The van der Waals surface area contributed by atoms with Crippen molar-refractivity contribution >= 4 is 56.4 Å². The molecule has 0 saturated heterocycles. The predicted molar refractivity (Wildman–Crippen MR) is 106 cm³/mol. The summed E-state index contributed by atoms with van der Waals surface area (Å²) in [6.07, 6.45) is -1.73. The van der Waals surface area contributed by atoms with E-state index in [-0.39, 0.29) is 23.4 Å². The van der Waals surface area contributed by atoms with Crippen LogP contribution in [0.1, 0.15) is 34.1 Å². The van der Waals surface area contributed by atoms with E-state index in [4.69, 9.17) is 4.74 Å². The first kappa shape index (κ1) is 21.8. The smallest absolute Gasteiger partial charge is 0.405 e. The lowest BCUT2D eigenvalue weighted by Gasteiger charge is -2.07. The number of fused-ring (bicyclic) bond motifs is 1. The minimum Gasteiger partial charge on any atom is -0.462 e. The molecule has 0 atom stereocenters. The number of amides is 1. The third-order valence-corrected chi connectivity index (χ3v) is 7.05. The number of alkyl halides is 3. The summed E-state index contributed by atoms with van der Waals surface area (Å²) in [7, 11) is 0. The summed E-state index contributed by atoms with van der Waals surface area (Å²) >= 11 is 3.37. The number of nitrogens with zero attached hydrogens (tertiary/aromatic N) is 2. The summed E-state index contributed by atoms with van der Waals surface area (Å²) in [5, 5.41) is 12.8. The van der Waals surface area contributed by atoms with Gasteiger partial charge >= 0.3 is 12.1 Å². The molecular weight excluding hydrogens is 449 g/mol. The zero-order chi connectivity index (χ0) is 21.0. The lowest BCUT2D eigenvalue weighted by Crippen LogP contribution is -2.21. The molecule has 0 aromatic carbocycles. The summed E-state index contributed by atoms with van der Waals surface area (Å²) in [6, 6.07) is 0. The maximum absolute atomic E-state index is 12.3. The monoisotopic (exact) mass is 466 g/mol. The van der Waals surface area contributed by atoms with Crippen LogP contribution in [0.2, 0.25) is 0 Å². The summed E-state index contributed by atoms with van der Waals surface area (Å²) in [5.41, 5.74) is 1.37. The Morgan fingerprint density at radius 1 is 1.24 bits per heavy atom. The topological polar surface area (TPSA) is 93.2 Å². The number of carbonyl (C=O) groups excluding carboxylic acids is 2. The van der Waals surface area contributed by atoms with Crippen molar-refractivity contribution in [2.24, 2.45) is 0 Å². The number of carbonyl (C=O) groups is 2. The lowest BCUT2D eigenvalue weighted by molar-refractivity contribution is -0.115. The van der Waals surface area contributed by atoms with Crippen molar-refractivity contribution in [1.29, 1.82) is 0 Å². The van der Waals surface area contributed by atoms with E-state index in [0.717, 1.165) is 52.8 Å². The van der Waals surface area contributed by atoms with Gasteiger partial charge in [0.05, 0.1) is 17.9 Å². The molecule has 13 heteroatoms. The Bertz CT molecular complexity index is 898. The Morgan fingerprint density at radius 3 is 2.76 bits per heavy atom. The number of esters is 1. The number of halogens is 3. The van der Waals surface area contributed by atoms with Gasteiger partial charge in [0.25, 0.3) is 0 Å². The van der Waals surface area contributed by atoms with Crippen molar-refractivity contribution < 1.29 is 27.5 Å². The van der Waals surface area contributed by atoms with Gasteiger partial charge in [-0.05, 0) is 31.7 Å². The minimum absolute atomic E-state index is 0.0151. The van der Waals surface area contributed by atoms with E-state index in [0.29, 0.717) is 14.9 Å². The van der Waals surface area contributed by atoms with Gasteiger partial charge in [-0.2, -0.15) is 13.2 Å². The van der Waals surface area contributed by atoms with Gasteiger partial charge in [0.2, 0.25) is 11.0 Å². The van der Waals surface area contributed by atoms with E-state index in [9.17, 15) is 22.8 Å². The van der Waals surface area contributed by atoms with Crippen molar-refractivity contribution in [3.05, 3.63) is 16.0 Å². The van der Waals surface area contributed by atoms with Crippen LogP contribution >= 0.6 is 34.4 Å². The molecule has 158 valence electrons. The summed E-state index contributed by atoms with van der Waals surface area (Å²) < 4.78 is 42.1. The molecule has 29 heavy (non-hydrogen) atoms. The van der Waals surface area contributed by atoms with Crippen LogP contribution in [-0.4, -0.2) is 47.2 Å². The number of thiophene rings is 1. The van der Waals surface area contributed by atoms with Gasteiger partial charge in [0, 0.05) is 4.88 Å². The van der Waals surface area contributed by atoms with E-state index < -0.39 is 18.7 Å². The van der Waals surface area contributed by atoms with Crippen LogP contribution in [-0.2, 0) is 22.4 Å². The number of anilines is 2. The Balaban J connectivity index is 1.58. The summed E-state index contributed by atoms with van der Waals surface area (Å²) in [6.45, 7) is 0.764. The molecule has 1 aliphatic rings. The molecule has 0 fully saturated rings. The van der Waals surface area contributed by atoms with E-state index >= 15 is 0 Å². The highest BCUT2D eigenvalue weighted by atomic mass is 32.2. The first-order valence-electron chi connectivity index (χ1n) is 8.65. The van der Waals surface area contributed by atoms with Gasteiger partial charge in [-0.15, -0.1) is 21.5 Å². The van der Waals surface area contributed by atoms with Crippen molar-refractivity contribution in [2.75, 3.05) is 29.5 Å². The van der Waals surface area contributed by atoms with Crippen LogP contribution in [0.15, 0.2) is 4.34 Å². The predicted octanol–water partition coefficient (Wildman–Crippen LogP) is 3.97. The molecule has 7 nitrogen and oxygen atoms in total. The Kier molecular flexibility index (Phi) is 7.01. The largest absolute Gasteiger partial charge is 0.462 e. The van der Waals surface area contributed by atoms with Crippen LogP contribution in [0.3, 0.4) is 0 Å². The van der Waals surface area contributed by atoms with Crippen LogP contribution in [0.5, 0.6) is 0 Å². The molecule has 2 N–H and O–H groups in total. The highest BCUT2D eigenvalue weighted by molar-refractivity contribution is 8.01. The highest BCUT2D eigenvalue weighted by Gasteiger charge is 2.29. The molecule has 2 aromatic rings. The molecule has 0 bridgehead atoms. The summed E-state index contributed by atoms with van der Waals surface area (Å²) in [5.74, 6) is -0.807. The second-order valence-corrected chi connectivity index (χ2v) is 9.27. The second kappa shape index (κ2) is 9.30. The zero-order valence-corrected chi connectivity index (χ0v) is 17.7. The zero-order valence-electron chi connectivity index (χ0n) is 15.2. The SMILES string of the molecule is CCOC(=O)c1c(NC(=O)CSc2nnc(NCC(F)(F)F)s2)sc2c1CCC2. The number of hydrogen-bond acceptors (Lipinski definition) is 9. The molecule has 0 saturated carbocycles. The van der Waals surface area contributed by atoms with Gasteiger partial charge in [-0.3, -0.25) is 4.79 Å². The molecule has 0 unspecified atom stereocenters. The second-order valence-electron chi connectivity index (χ2n) is 5.96. The lowest BCUT2D eigenvalue weighted by atomic mass is 10.1. The molecule has 1 aliphatic carbocycles. The average Bonchev–Trinajstić information content (AvgIpc) is 3.33. The van der Waals surface area contributed by atoms with Gasteiger partial charge in [-0.1, -0.05) is 23.1 Å². The first-order valence-corrected chi connectivity index (χ1v) is 11.3. The molecular formula is C16H17F3N4O3S3. The number of thioether (sulfide) groups is 1. The minimum atomic E-state index is -4.35. The average molecular weight is 467 g/mol. The fraction of sp³-hybridized carbons (Fsp3) is 0.500. The molecule has 0 aliphatic heterocycles. The molecule has 0 radical (unpaired) electrons. The Labute approximate surface area is 176 Å². The number of hydrogen-bond donors (Lipinski definition) is 2. The normalized spacial score (nSPS) is 13.2. The van der Waals surface area contributed by atoms with E-state index in [2.05, 4.69) is 20.8 Å². The van der Waals surface area contributed by atoms with Crippen LogP contribution in [0.25, 0.3) is 0 Å². The number of nitrogens with one attached hydrogen (secondary N) is 2. The van der Waals surface area contributed by atoms with Gasteiger partial charge in [-0.25, -0.2) is 4.79 Å². The number of ether oxygens (including phenoxy) is 1. The third kappa shape index (κ3) is 5.82. The molecule has 0 spiro atoms. The fourth-order valence-corrected chi connectivity index (χ4v) is 5.56. The first-order chi connectivity index (χ1) is 13.8. The van der Waals surface area contributed by atoms with E-state index in [1.54, 1.807) is 6.92 Å². The maximum Gasteiger partial charge on any atom is 0.405 e. The van der Waals surface area contributed by atoms with Crippen LogP contribution < -0.4 is 10.6 Å². The Hall–Kier alpha value is -1.86. The van der Waals surface area contributed by atoms with Crippen LogP contribution in [0.4, 0.5) is 23.3 Å². The fourth-order valence-electron chi connectivity index (χ4n) is 2.72. The van der Waals surface area contributed by atoms with Crippen molar-refractivity contribution in [3.63, 3.8) is 0 Å². The standard InChI is InChI=1S/C16H17F3N4O3S3/c1-2-26-13(25)11-8-4-3-5-9(8)28-12(11)21-10(24)6-27-15-23-22-14(29-15)20-7-16(17,18)19/h2-7H2,1H3,(H,20,22)(H,21,24).